The molecule has 2 aromatic rings. The van der Waals surface area contributed by atoms with E-state index in [1.165, 1.54) is 40.0 Å². The molecule has 0 saturated heterocycles. The number of nitrogens with one attached hydrogen (secondary N) is 1. The van der Waals surface area contributed by atoms with Crippen LogP contribution in [0.5, 0.6) is 17.2 Å². The van der Waals surface area contributed by atoms with E-state index in [9.17, 15) is 14.4 Å². The summed E-state index contributed by atoms with van der Waals surface area (Å²) in [5, 5.41) is 2.95. The van der Waals surface area contributed by atoms with Gasteiger partial charge in [0.25, 0.3) is 0 Å². The number of carbonyl (C=O) groups is 2. The van der Waals surface area contributed by atoms with Gasteiger partial charge in [-0.25, -0.2) is 0 Å². The Balaban J connectivity index is 2.51. The number of methoxy groups -OCH3 is 3. The fourth-order valence-electron chi connectivity index (χ4n) is 4.15. The molecule has 31 heavy (non-hydrogen) atoms. The van der Waals surface area contributed by atoms with Crippen LogP contribution in [-0.4, -0.2) is 39.8 Å². The molecule has 8 heteroatoms. The predicted molar refractivity (Wildman–Crippen MR) is 120 cm³/mol. The van der Waals surface area contributed by atoms with Gasteiger partial charge >= 0.3 is 0 Å². The Morgan fingerprint density at radius 3 is 2.35 bits per heavy atom. The molecule has 0 heterocycles. The molecule has 0 bridgehead atoms. The standard InChI is InChI=1S/C23H25NO6S/c1-12(26)24-17-8-6-14-16(11-25)21(28-2)23(30-4)22(29-3)20(14)13-7-9-19(31-5)18(27)10-15(13)17/h7,9-11,17H,6,8H2,1-5H3,(H,24,26)/t17-/m0/s1. The molecule has 0 aromatic heterocycles. The first kappa shape index (κ1) is 22.7. The number of ether oxygens (including phenoxy) is 3. The molecular weight excluding hydrogens is 418 g/mol. The van der Waals surface area contributed by atoms with E-state index in [1.807, 2.05) is 12.3 Å². The minimum Gasteiger partial charge on any atom is -0.492 e. The van der Waals surface area contributed by atoms with Gasteiger partial charge in [-0.15, -0.1) is 11.8 Å². The zero-order chi connectivity index (χ0) is 22.7. The van der Waals surface area contributed by atoms with Crippen molar-refractivity contribution in [2.24, 2.45) is 0 Å². The Bertz CT molecular complexity index is 1100. The third kappa shape index (κ3) is 3.99. The number of benzene rings is 1. The van der Waals surface area contributed by atoms with Crippen molar-refractivity contribution in [2.45, 2.75) is 30.7 Å². The maximum atomic E-state index is 12.8. The number of fused-ring (bicyclic) bond motifs is 3. The average molecular weight is 444 g/mol. The second-order valence-corrected chi connectivity index (χ2v) is 7.90. The zero-order valence-electron chi connectivity index (χ0n) is 18.2. The van der Waals surface area contributed by atoms with Crippen molar-refractivity contribution in [3.63, 3.8) is 0 Å². The van der Waals surface area contributed by atoms with E-state index in [-0.39, 0.29) is 11.3 Å². The first-order valence-corrected chi connectivity index (χ1v) is 10.9. The molecule has 1 N–H and O–H groups in total. The van der Waals surface area contributed by atoms with Gasteiger partial charge in [0.1, 0.15) is 0 Å². The Labute approximate surface area is 185 Å². The number of hydrogen-bond acceptors (Lipinski definition) is 7. The smallest absolute Gasteiger partial charge is 0.217 e. The highest BCUT2D eigenvalue weighted by atomic mass is 32.2. The summed E-state index contributed by atoms with van der Waals surface area (Å²) in [6, 6.07) is 4.75. The Morgan fingerprint density at radius 2 is 1.81 bits per heavy atom. The van der Waals surface area contributed by atoms with Crippen molar-refractivity contribution in [2.75, 3.05) is 27.6 Å². The van der Waals surface area contributed by atoms with E-state index in [1.54, 1.807) is 12.1 Å². The van der Waals surface area contributed by atoms with Crippen molar-refractivity contribution in [3.8, 4) is 28.4 Å². The first-order chi connectivity index (χ1) is 14.9. The van der Waals surface area contributed by atoms with E-state index < -0.39 is 6.04 Å². The molecular formula is C23H25NO6S. The van der Waals surface area contributed by atoms with Crippen molar-refractivity contribution in [1.82, 2.24) is 5.32 Å². The normalized spacial score (nSPS) is 14.5. The predicted octanol–water partition coefficient (Wildman–Crippen LogP) is 3.40. The summed E-state index contributed by atoms with van der Waals surface area (Å²) in [6.45, 7) is 1.44. The highest BCUT2D eigenvalue weighted by Crippen LogP contribution is 2.52. The molecule has 0 fully saturated rings. The number of hydrogen-bond donors (Lipinski definition) is 1. The Kier molecular flexibility index (Phi) is 6.90. The third-order valence-corrected chi connectivity index (χ3v) is 6.19. The average Bonchev–Trinajstić information content (AvgIpc) is 3.00. The quantitative estimate of drug-likeness (QED) is 0.540. The minimum absolute atomic E-state index is 0.136. The Morgan fingerprint density at radius 1 is 1.13 bits per heavy atom. The minimum atomic E-state index is -0.407. The van der Waals surface area contributed by atoms with Crippen molar-refractivity contribution in [3.05, 3.63) is 45.1 Å². The van der Waals surface area contributed by atoms with Gasteiger partial charge < -0.3 is 19.5 Å². The van der Waals surface area contributed by atoms with Crippen LogP contribution in [0.4, 0.5) is 0 Å². The second-order valence-electron chi connectivity index (χ2n) is 7.06. The SMILES string of the molecule is COc1c(C=O)c2c(c(OC)c1OC)-c1ccc(SC)c(=O)cc1[C@@H](NC(C)=O)CC2. The largest absolute Gasteiger partial charge is 0.492 e. The lowest BCUT2D eigenvalue weighted by Crippen LogP contribution is -2.26. The molecule has 3 rings (SSSR count). The molecule has 1 amide bonds. The van der Waals surface area contributed by atoms with Crippen LogP contribution in [0.1, 0.15) is 40.9 Å². The lowest BCUT2D eigenvalue weighted by atomic mass is 9.92. The lowest BCUT2D eigenvalue weighted by Gasteiger charge is -2.21. The van der Waals surface area contributed by atoms with Gasteiger partial charge in [-0.1, -0.05) is 6.07 Å². The molecule has 1 aliphatic rings. The number of aldehydes is 1. The molecule has 2 aromatic carbocycles. The van der Waals surface area contributed by atoms with Crippen LogP contribution < -0.4 is 25.0 Å². The van der Waals surface area contributed by atoms with E-state index in [4.69, 9.17) is 14.2 Å². The number of carbonyl (C=O) groups excluding carboxylic acids is 2. The molecule has 1 aliphatic carbocycles. The maximum Gasteiger partial charge on any atom is 0.217 e. The summed E-state index contributed by atoms with van der Waals surface area (Å²) in [5.41, 5.74) is 2.98. The van der Waals surface area contributed by atoms with E-state index >= 15 is 0 Å². The summed E-state index contributed by atoms with van der Waals surface area (Å²) in [5.74, 6) is 0.800. The van der Waals surface area contributed by atoms with Gasteiger partial charge in [-0.3, -0.25) is 14.4 Å². The molecule has 0 saturated carbocycles. The van der Waals surface area contributed by atoms with Gasteiger partial charge in [0.05, 0.1) is 37.8 Å². The van der Waals surface area contributed by atoms with Crippen molar-refractivity contribution < 1.29 is 23.8 Å². The summed E-state index contributed by atoms with van der Waals surface area (Å²) in [7, 11) is 4.46. The number of thioether (sulfide) groups is 1. The third-order valence-electron chi connectivity index (χ3n) is 5.41. The highest BCUT2D eigenvalue weighted by molar-refractivity contribution is 7.98. The van der Waals surface area contributed by atoms with Gasteiger partial charge in [-0.2, -0.15) is 0 Å². The van der Waals surface area contributed by atoms with Crippen LogP contribution in [0.3, 0.4) is 0 Å². The van der Waals surface area contributed by atoms with Gasteiger partial charge in [0.2, 0.25) is 11.7 Å². The van der Waals surface area contributed by atoms with Crippen molar-refractivity contribution >= 4 is 24.0 Å². The second kappa shape index (κ2) is 9.43. The highest BCUT2D eigenvalue weighted by Gasteiger charge is 2.32. The van der Waals surface area contributed by atoms with E-state index in [0.717, 1.165) is 11.8 Å². The van der Waals surface area contributed by atoms with Crippen LogP contribution in [0, 0.1) is 0 Å². The maximum absolute atomic E-state index is 12.8. The summed E-state index contributed by atoms with van der Waals surface area (Å²) in [6.07, 6.45) is 3.54. The van der Waals surface area contributed by atoms with E-state index in [0.29, 0.717) is 57.2 Å². The molecule has 1 atom stereocenters. The Hall–Kier alpha value is -3.00. The number of rotatable bonds is 6. The molecule has 0 spiro atoms. The monoisotopic (exact) mass is 443 g/mol. The van der Waals surface area contributed by atoms with E-state index in [2.05, 4.69) is 5.32 Å². The summed E-state index contributed by atoms with van der Waals surface area (Å²) < 4.78 is 16.8. The van der Waals surface area contributed by atoms with Crippen molar-refractivity contribution in [1.29, 1.82) is 0 Å². The van der Waals surface area contributed by atoms with Gasteiger partial charge in [0, 0.05) is 12.5 Å². The van der Waals surface area contributed by atoms with Crippen LogP contribution in [0.2, 0.25) is 0 Å². The van der Waals surface area contributed by atoms with Gasteiger partial charge in [-0.05, 0) is 47.9 Å². The fraction of sp³-hybridized carbons (Fsp3) is 0.348. The number of amides is 1. The van der Waals surface area contributed by atoms with Crippen LogP contribution in [0.15, 0.2) is 27.9 Å². The van der Waals surface area contributed by atoms with Gasteiger partial charge in [0.15, 0.2) is 23.2 Å². The van der Waals surface area contributed by atoms with Crippen LogP contribution in [0.25, 0.3) is 11.1 Å². The fourth-order valence-corrected chi connectivity index (χ4v) is 4.62. The topological polar surface area (TPSA) is 90.9 Å². The molecule has 7 nitrogen and oxygen atoms in total. The molecule has 0 unspecified atom stereocenters. The summed E-state index contributed by atoms with van der Waals surface area (Å²) in [4.78, 5) is 37.4. The molecule has 0 aliphatic heterocycles. The van der Waals surface area contributed by atoms with Crippen LogP contribution in [-0.2, 0) is 11.2 Å². The molecule has 164 valence electrons. The lowest BCUT2D eigenvalue weighted by molar-refractivity contribution is -0.119. The zero-order valence-corrected chi connectivity index (χ0v) is 19.0. The first-order valence-electron chi connectivity index (χ1n) is 9.71. The summed E-state index contributed by atoms with van der Waals surface area (Å²) >= 11 is 1.35. The molecule has 0 radical (unpaired) electrons. The van der Waals surface area contributed by atoms with Crippen LogP contribution >= 0.6 is 11.8 Å².